The van der Waals surface area contributed by atoms with Gasteiger partial charge in [-0.3, -0.25) is 0 Å². The lowest BCUT2D eigenvalue weighted by Gasteiger charge is -2.17. The van der Waals surface area contributed by atoms with Crippen LogP contribution in [-0.2, 0) is 0 Å². The van der Waals surface area contributed by atoms with E-state index in [4.69, 9.17) is 9.72 Å². The first-order chi connectivity index (χ1) is 13.3. The van der Waals surface area contributed by atoms with Crippen molar-refractivity contribution >= 4 is 0 Å². The van der Waals surface area contributed by atoms with Gasteiger partial charge in [0.05, 0.1) is 5.69 Å². The highest BCUT2D eigenvalue weighted by molar-refractivity contribution is 5.80. The Kier molecular flexibility index (Phi) is 5.47. The molecule has 0 radical (unpaired) electrons. The molecule has 1 aromatic heterocycles. The molecule has 3 nitrogen and oxygen atoms in total. The van der Waals surface area contributed by atoms with Gasteiger partial charge in [0.1, 0.15) is 6.10 Å². The summed E-state index contributed by atoms with van der Waals surface area (Å²) in [7, 11) is 0. The van der Waals surface area contributed by atoms with Gasteiger partial charge >= 0.3 is 6.01 Å². The molecule has 1 aliphatic carbocycles. The van der Waals surface area contributed by atoms with E-state index in [0.29, 0.717) is 6.01 Å². The standard InChI is InChI=1S/C24H26N2O/c1-2-21(16-15-18-13-14-18)27-24-25-17-22(19-9-5-3-6-10-19)23(26-24)20-11-7-4-8-12-20/h3-12,17-18,21H,2,13-16H2,1H3. The SMILES string of the molecule is CCC(CCC1CC1)Oc1ncc(-c2ccccc2)c(-c2ccccc2)n1. The van der Waals surface area contributed by atoms with Gasteiger partial charge in [-0.15, -0.1) is 0 Å². The maximum absolute atomic E-state index is 6.17. The van der Waals surface area contributed by atoms with Crippen LogP contribution in [0.25, 0.3) is 22.4 Å². The molecular weight excluding hydrogens is 332 g/mol. The number of hydrogen-bond acceptors (Lipinski definition) is 3. The fourth-order valence-corrected chi connectivity index (χ4v) is 3.39. The third kappa shape index (κ3) is 4.54. The van der Waals surface area contributed by atoms with E-state index in [2.05, 4.69) is 36.2 Å². The topological polar surface area (TPSA) is 35.0 Å². The second-order valence-corrected chi connectivity index (χ2v) is 7.32. The van der Waals surface area contributed by atoms with Crippen LogP contribution < -0.4 is 4.74 Å². The summed E-state index contributed by atoms with van der Waals surface area (Å²) < 4.78 is 6.17. The third-order valence-electron chi connectivity index (χ3n) is 5.22. The lowest BCUT2D eigenvalue weighted by Crippen LogP contribution is -2.17. The normalized spacial score (nSPS) is 14.7. The quantitative estimate of drug-likeness (QED) is 0.484. The summed E-state index contributed by atoms with van der Waals surface area (Å²) in [5.41, 5.74) is 4.14. The first-order valence-corrected chi connectivity index (χ1v) is 9.98. The molecule has 0 bridgehead atoms. The van der Waals surface area contributed by atoms with Crippen molar-refractivity contribution in [3.8, 4) is 28.4 Å². The predicted octanol–water partition coefficient (Wildman–Crippen LogP) is 6.16. The molecule has 2 aromatic carbocycles. The van der Waals surface area contributed by atoms with Crippen molar-refractivity contribution in [3.63, 3.8) is 0 Å². The molecule has 4 rings (SSSR count). The highest BCUT2D eigenvalue weighted by Gasteiger charge is 2.23. The molecule has 0 aliphatic heterocycles. The zero-order chi connectivity index (χ0) is 18.5. The third-order valence-corrected chi connectivity index (χ3v) is 5.22. The largest absolute Gasteiger partial charge is 0.460 e. The molecule has 3 aromatic rings. The highest BCUT2D eigenvalue weighted by Crippen LogP contribution is 2.35. The fourth-order valence-electron chi connectivity index (χ4n) is 3.39. The van der Waals surface area contributed by atoms with E-state index in [0.717, 1.165) is 41.1 Å². The number of nitrogens with zero attached hydrogens (tertiary/aromatic N) is 2. The van der Waals surface area contributed by atoms with Crippen molar-refractivity contribution in [2.45, 2.75) is 45.1 Å². The molecule has 1 aliphatic rings. The predicted molar refractivity (Wildman–Crippen MR) is 110 cm³/mol. The van der Waals surface area contributed by atoms with Crippen LogP contribution in [0.3, 0.4) is 0 Å². The van der Waals surface area contributed by atoms with E-state index in [1.807, 2.05) is 42.6 Å². The van der Waals surface area contributed by atoms with Gasteiger partial charge < -0.3 is 4.74 Å². The smallest absolute Gasteiger partial charge is 0.317 e. The molecule has 0 saturated heterocycles. The van der Waals surface area contributed by atoms with Gasteiger partial charge in [-0.05, 0) is 30.7 Å². The Hall–Kier alpha value is -2.68. The zero-order valence-electron chi connectivity index (χ0n) is 15.8. The first kappa shape index (κ1) is 17.7. The van der Waals surface area contributed by atoms with Crippen LogP contribution in [0.1, 0.15) is 39.0 Å². The molecule has 1 fully saturated rings. The van der Waals surface area contributed by atoms with Crippen LogP contribution in [0.4, 0.5) is 0 Å². The Morgan fingerprint density at radius 2 is 1.63 bits per heavy atom. The van der Waals surface area contributed by atoms with Crippen molar-refractivity contribution in [1.82, 2.24) is 9.97 Å². The Morgan fingerprint density at radius 3 is 2.26 bits per heavy atom. The Morgan fingerprint density at radius 1 is 0.963 bits per heavy atom. The van der Waals surface area contributed by atoms with Crippen LogP contribution in [0.2, 0.25) is 0 Å². The maximum atomic E-state index is 6.17. The van der Waals surface area contributed by atoms with Crippen molar-refractivity contribution in [2.24, 2.45) is 5.92 Å². The summed E-state index contributed by atoms with van der Waals surface area (Å²) in [4.78, 5) is 9.35. The van der Waals surface area contributed by atoms with Crippen LogP contribution >= 0.6 is 0 Å². The Balaban J connectivity index is 1.64. The van der Waals surface area contributed by atoms with Crippen molar-refractivity contribution in [2.75, 3.05) is 0 Å². The summed E-state index contributed by atoms with van der Waals surface area (Å²) in [6.07, 6.45) is 8.19. The molecule has 1 heterocycles. The molecule has 0 spiro atoms. The molecule has 0 N–H and O–H groups in total. The summed E-state index contributed by atoms with van der Waals surface area (Å²) in [5, 5.41) is 0. The van der Waals surface area contributed by atoms with E-state index in [9.17, 15) is 0 Å². The summed E-state index contributed by atoms with van der Waals surface area (Å²) >= 11 is 0. The first-order valence-electron chi connectivity index (χ1n) is 9.98. The molecule has 1 saturated carbocycles. The van der Waals surface area contributed by atoms with Gasteiger partial charge in [-0.25, -0.2) is 4.98 Å². The number of aromatic nitrogens is 2. The number of rotatable bonds is 8. The zero-order valence-corrected chi connectivity index (χ0v) is 15.8. The molecule has 27 heavy (non-hydrogen) atoms. The molecule has 1 unspecified atom stereocenters. The van der Waals surface area contributed by atoms with E-state index in [-0.39, 0.29) is 6.10 Å². The summed E-state index contributed by atoms with van der Waals surface area (Å²) in [6, 6.07) is 21.0. The van der Waals surface area contributed by atoms with Gasteiger partial charge in [0.2, 0.25) is 0 Å². The lowest BCUT2D eigenvalue weighted by atomic mass is 10.0. The second kappa shape index (κ2) is 8.34. The van der Waals surface area contributed by atoms with Crippen LogP contribution in [0.15, 0.2) is 66.9 Å². The van der Waals surface area contributed by atoms with E-state index < -0.39 is 0 Å². The van der Waals surface area contributed by atoms with Crippen LogP contribution in [0.5, 0.6) is 6.01 Å². The lowest BCUT2D eigenvalue weighted by molar-refractivity contribution is 0.166. The summed E-state index contributed by atoms with van der Waals surface area (Å²) in [6.45, 7) is 2.17. The molecular formula is C24H26N2O. The Bertz CT molecular complexity index is 860. The monoisotopic (exact) mass is 358 g/mol. The van der Waals surface area contributed by atoms with Gasteiger partial charge in [-0.1, -0.05) is 80.4 Å². The average molecular weight is 358 g/mol. The minimum atomic E-state index is 0.191. The maximum Gasteiger partial charge on any atom is 0.317 e. The minimum absolute atomic E-state index is 0.191. The highest BCUT2D eigenvalue weighted by atomic mass is 16.5. The van der Waals surface area contributed by atoms with Crippen LogP contribution in [-0.4, -0.2) is 16.1 Å². The van der Waals surface area contributed by atoms with E-state index in [1.54, 1.807) is 0 Å². The molecule has 3 heteroatoms. The number of benzene rings is 2. The number of hydrogen-bond donors (Lipinski definition) is 0. The average Bonchev–Trinajstić information content (AvgIpc) is 3.57. The molecule has 0 amide bonds. The van der Waals surface area contributed by atoms with Gasteiger partial charge in [0.15, 0.2) is 0 Å². The van der Waals surface area contributed by atoms with Crippen molar-refractivity contribution < 1.29 is 4.74 Å². The minimum Gasteiger partial charge on any atom is -0.460 e. The Labute approximate surface area is 161 Å². The van der Waals surface area contributed by atoms with Gasteiger partial charge in [0.25, 0.3) is 0 Å². The van der Waals surface area contributed by atoms with E-state index >= 15 is 0 Å². The van der Waals surface area contributed by atoms with Crippen LogP contribution in [0, 0.1) is 5.92 Å². The number of ether oxygens (including phenoxy) is 1. The van der Waals surface area contributed by atoms with Crippen molar-refractivity contribution in [3.05, 3.63) is 66.9 Å². The van der Waals surface area contributed by atoms with Crippen molar-refractivity contribution in [1.29, 1.82) is 0 Å². The summed E-state index contributed by atoms with van der Waals surface area (Å²) in [5.74, 6) is 0.920. The molecule has 1 atom stereocenters. The fraction of sp³-hybridized carbons (Fsp3) is 0.333. The van der Waals surface area contributed by atoms with E-state index in [1.165, 1.54) is 19.3 Å². The van der Waals surface area contributed by atoms with Gasteiger partial charge in [-0.2, -0.15) is 4.98 Å². The molecule has 138 valence electrons. The van der Waals surface area contributed by atoms with Gasteiger partial charge in [0, 0.05) is 17.3 Å². The second-order valence-electron chi connectivity index (χ2n) is 7.32.